The fourth-order valence-corrected chi connectivity index (χ4v) is 1.45. The van der Waals surface area contributed by atoms with E-state index in [1.54, 1.807) is 13.2 Å². The SMILES string of the molecule is Cn1ncc(NCc2ccn[nH]2)c(Cl)c1=O. The zero-order chi connectivity index (χ0) is 11.5. The number of hydrogen-bond donors (Lipinski definition) is 2. The van der Waals surface area contributed by atoms with Crippen molar-refractivity contribution in [1.82, 2.24) is 20.0 Å². The van der Waals surface area contributed by atoms with Gasteiger partial charge < -0.3 is 5.32 Å². The fourth-order valence-electron chi connectivity index (χ4n) is 1.21. The van der Waals surface area contributed by atoms with Crippen LogP contribution in [-0.4, -0.2) is 20.0 Å². The van der Waals surface area contributed by atoms with Gasteiger partial charge in [0, 0.05) is 13.2 Å². The number of hydrogen-bond acceptors (Lipinski definition) is 4. The Hall–Kier alpha value is -1.82. The highest BCUT2D eigenvalue weighted by Crippen LogP contribution is 2.15. The maximum absolute atomic E-state index is 11.5. The van der Waals surface area contributed by atoms with Gasteiger partial charge in [-0.1, -0.05) is 11.6 Å². The minimum Gasteiger partial charge on any atom is -0.377 e. The first-order valence-corrected chi connectivity index (χ1v) is 5.00. The number of rotatable bonds is 3. The molecule has 0 fully saturated rings. The molecule has 16 heavy (non-hydrogen) atoms. The van der Waals surface area contributed by atoms with Crippen molar-refractivity contribution < 1.29 is 0 Å². The number of anilines is 1. The first-order chi connectivity index (χ1) is 7.68. The van der Waals surface area contributed by atoms with E-state index in [1.165, 1.54) is 10.9 Å². The molecule has 0 aliphatic heterocycles. The Kier molecular flexibility index (Phi) is 2.91. The van der Waals surface area contributed by atoms with Gasteiger partial charge in [0.2, 0.25) is 0 Å². The van der Waals surface area contributed by atoms with E-state index in [-0.39, 0.29) is 10.6 Å². The van der Waals surface area contributed by atoms with Gasteiger partial charge in [-0.15, -0.1) is 0 Å². The lowest BCUT2D eigenvalue weighted by Crippen LogP contribution is -2.21. The third kappa shape index (κ3) is 2.06. The molecule has 0 aliphatic rings. The highest BCUT2D eigenvalue weighted by atomic mass is 35.5. The van der Waals surface area contributed by atoms with E-state index in [2.05, 4.69) is 20.6 Å². The highest BCUT2D eigenvalue weighted by molar-refractivity contribution is 6.32. The molecule has 2 rings (SSSR count). The van der Waals surface area contributed by atoms with Crippen molar-refractivity contribution in [3.05, 3.63) is 39.5 Å². The van der Waals surface area contributed by atoms with Crippen LogP contribution in [0.5, 0.6) is 0 Å². The normalized spacial score (nSPS) is 10.4. The summed E-state index contributed by atoms with van der Waals surface area (Å²) in [6.07, 6.45) is 3.17. The lowest BCUT2D eigenvalue weighted by molar-refractivity contribution is 0.708. The van der Waals surface area contributed by atoms with Gasteiger partial charge in [-0.05, 0) is 6.07 Å². The van der Waals surface area contributed by atoms with Crippen molar-refractivity contribution in [2.75, 3.05) is 5.32 Å². The van der Waals surface area contributed by atoms with Crippen molar-refractivity contribution in [2.24, 2.45) is 7.05 Å². The molecule has 0 spiro atoms. The largest absolute Gasteiger partial charge is 0.377 e. The third-order valence-corrected chi connectivity index (χ3v) is 2.47. The van der Waals surface area contributed by atoms with Crippen LogP contribution in [0.3, 0.4) is 0 Å². The molecule has 7 heteroatoms. The summed E-state index contributed by atoms with van der Waals surface area (Å²) in [7, 11) is 1.55. The van der Waals surface area contributed by atoms with E-state index in [1.807, 2.05) is 6.07 Å². The maximum atomic E-state index is 11.5. The molecule has 6 nitrogen and oxygen atoms in total. The summed E-state index contributed by atoms with van der Waals surface area (Å²) in [6, 6.07) is 1.83. The van der Waals surface area contributed by atoms with Crippen LogP contribution < -0.4 is 10.9 Å². The Morgan fingerprint density at radius 1 is 1.62 bits per heavy atom. The van der Waals surface area contributed by atoms with Gasteiger partial charge >= 0.3 is 0 Å². The van der Waals surface area contributed by atoms with E-state index in [0.717, 1.165) is 5.69 Å². The zero-order valence-corrected chi connectivity index (χ0v) is 9.32. The van der Waals surface area contributed by atoms with E-state index in [0.29, 0.717) is 12.2 Å². The third-order valence-electron chi connectivity index (χ3n) is 2.11. The lowest BCUT2D eigenvalue weighted by atomic mass is 10.4. The van der Waals surface area contributed by atoms with Gasteiger partial charge in [0.25, 0.3) is 5.56 Å². The molecule has 0 unspecified atom stereocenters. The number of aromatic amines is 1. The predicted molar refractivity (Wildman–Crippen MR) is 60.4 cm³/mol. The van der Waals surface area contributed by atoms with Crippen LogP contribution >= 0.6 is 11.6 Å². The second-order valence-electron chi connectivity index (χ2n) is 3.24. The summed E-state index contributed by atoms with van der Waals surface area (Å²) in [5.74, 6) is 0. The van der Waals surface area contributed by atoms with Crippen molar-refractivity contribution >= 4 is 17.3 Å². The van der Waals surface area contributed by atoms with Crippen LogP contribution in [0.25, 0.3) is 0 Å². The standard InChI is InChI=1S/C9H10ClN5O/c1-15-9(16)8(10)7(5-13-15)11-4-6-2-3-12-14-6/h2-3,5,11H,4H2,1H3,(H,12,14). The van der Waals surface area contributed by atoms with Crippen molar-refractivity contribution in [1.29, 1.82) is 0 Å². The number of H-pyrrole nitrogens is 1. The van der Waals surface area contributed by atoms with E-state index in [4.69, 9.17) is 11.6 Å². The zero-order valence-electron chi connectivity index (χ0n) is 8.57. The van der Waals surface area contributed by atoms with Gasteiger partial charge in [0.15, 0.2) is 0 Å². The van der Waals surface area contributed by atoms with Gasteiger partial charge in [-0.2, -0.15) is 10.2 Å². The Morgan fingerprint density at radius 3 is 3.12 bits per heavy atom. The fraction of sp³-hybridized carbons (Fsp3) is 0.222. The second kappa shape index (κ2) is 4.36. The number of nitrogens with zero attached hydrogens (tertiary/aromatic N) is 3. The molecule has 2 N–H and O–H groups in total. The number of halogens is 1. The average molecular weight is 240 g/mol. The molecule has 0 radical (unpaired) electrons. The molecule has 0 saturated heterocycles. The maximum Gasteiger partial charge on any atom is 0.287 e. The molecule has 0 atom stereocenters. The van der Waals surface area contributed by atoms with E-state index >= 15 is 0 Å². The Bertz CT molecular complexity index is 533. The van der Waals surface area contributed by atoms with Crippen LogP contribution in [0.4, 0.5) is 5.69 Å². The van der Waals surface area contributed by atoms with Gasteiger partial charge in [-0.3, -0.25) is 9.89 Å². The molecule has 0 aromatic carbocycles. The summed E-state index contributed by atoms with van der Waals surface area (Å²) in [5.41, 5.74) is 1.09. The van der Waals surface area contributed by atoms with Crippen LogP contribution in [0, 0.1) is 0 Å². The van der Waals surface area contributed by atoms with Crippen molar-refractivity contribution in [3.63, 3.8) is 0 Å². The first-order valence-electron chi connectivity index (χ1n) is 4.62. The highest BCUT2D eigenvalue weighted by Gasteiger charge is 2.06. The Balaban J connectivity index is 2.16. The minimum atomic E-state index is -0.323. The van der Waals surface area contributed by atoms with Crippen LogP contribution in [0.1, 0.15) is 5.69 Å². The summed E-state index contributed by atoms with van der Waals surface area (Å²) < 4.78 is 1.18. The van der Waals surface area contributed by atoms with Crippen LogP contribution in [0.15, 0.2) is 23.3 Å². The van der Waals surface area contributed by atoms with Crippen LogP contribution in [-0.2, 0) is 13.6 Å². The summed E-state index contributed by atoms with van der Waals surface area (Å²) in [5, 5.41) is 13.6. The smallest absolute Gasteiger partial charge is 0.287 e. The minimum absolute atomic E-state index is 0.136. The predicted octanol–water partition coefficient (Wildman–Crippen LogP) is 0.769. The first kappa shape index (κ1) is 10.7. The van der Waals surface area contributed by atoms with Crippen molar-refractivity contribution in [3.8, 4) is 0 Å². The molecule has 0 amide bonds. The molecule has 2 heterocycles. The quantitative estimate of drug-likeness (QED) is 0.830. The Morgan fingerprint density at radius 2 is 2.44 bits per heavy atom. The van der Waals surface area contributed by atoms with Gasteiger partial charge in [0.05, 0.1) is 24.1 Å². The average Bonchev–Trinajstić information content (AvgIpc) is 2.78. The summed E-state index contributed by atoms with van der Waals surface area (Å²) >= 11 is 5.88. The van der Waals surface area contributed by atoms with Crippen LogP contribution in [0.2, 0.25) is 5.02 Å². The summed E-state index contributed by atoms with van der Waals surface area (Å²) in [6.45, 7) is 0.508. The molecular formula is C9H10ClN5O. The van der Waals surface area contributed by atoms with Gasteiger partial charge in [0.1, 0.15) is 5.02 Å². The van der Waals surface area contributed by atoms with E-state index < -0.39 is 0 Å². The molecule has 84 valence electrons. The summed E-state index contributed by atoms with van der Waals surface area (Å²) in [4.78, 5) is 11.5. The molecule has 0 aliphatic carbocycles. The monoisotopic (exact) mass is 239 g/mol. The molecule has 0 saturated carbocycles. The molecular weight excluding hydrogens is 230 g/mol. The number of aromatic nitrogens is 4. The molecule has 2 aromatic heterocycles. The van der Waals surface area contributed by atoms with E-state index in [9.17, 15) is 4.79 Å². The van der Waals surface area contributed by atoms with Gasteiger partial charge in [-0.25, -0.2) is 4.68 Å². The number of aryl methyl sites for hydroxylation is 1. The Labute approximate surface area is 96.2 Å². The lowest BCUT2D eigenvalue weighted by Gasteiger charge is -2.06. The molecule has 2 aromatic rings. The van der Waals surface area contributed by atoms with Crippen molar-refractivity contribution in [2.45, 2.75) is 6.54 Å². The molecule has 0 bridgehead atoms. The second-order valence-corrected chi connectivity index (χ2v) is 3.61. The topological polar surface area (TPSA) is 75.6 Å². The number of nitrogens with one attached hydrogen (secondary N) is 2.